The van der Waals surface area contributed by atoms with Crippen LogP contribution in [0.15, 0.2) is 12.2 Å². The molecule has 0 saturated carbocycles. The summed E-state index contributed by atoms with van der Waals surface area (Å²) in [4.78, 5) is 0. The monoisotopic (exact) mass is 310 g/mol. The molecule has 122 valence electrons. The highest BCUT2D eigenvalue weighted by atomic mass is 32.2. The van der Waals surface area contributed by atoms with Crippen molar-refractivity contribution >= 4 is 11.8 Å². The first-order valence-corrected chi connectivity index (χ1v) is 9.54. The van der Waals surface area contributed by atoms with Crippen LogP contribution < -0.4 is 0 Å². The third-order valence-corrected chi connectivity index (χ3v) is 5.06. The fourth-order valence-electron chi connectivity index (χ4n) is 1.94. The maximum absolute atomic E-state index is 10.3. The minimum atomic E-state index is -0.911. The Kier molecular flexibility index (Phi) is 12.0. The first kappa shape index (κ1) is 20.6. The van der Waals surface area contributed by atoms with Crippen LogP contribution in [0.1, 0.15) is 72.6 Å². The number of allylic oxidation sites excluding steroid dienone is 1. The zero-order valence-corrected chi connectivity index (χ0v) is 15.3. The molecule has 0 aromatic carbocycles. The van der Waals surface area contributed by atoms with Gasteiger partial charge in [0, 0.05) is 5.92 Å². The average molecular weight is 311 g/mol. The van der Waals surface area contributed by atoms with E-state index in [1.807, 2.05) is 25.6 Å². The van der Waals surface area contributed by atoms with E-state index in [0.717, 1.165) is 11.3 Å². The Morgan fingerprint density at radius 2 is 1.76 bits per heavy atom. The lowest BCUT2D eigenvalue weighted by molar-refractivity contribution is 0.0747. The van der Waals surface area contributed by atoms with Crippen LogP contribution in [0, 0.1) is 17.8 Å². The van der Waals surface area contributed by atoms with E-state index in [1.165, 1.54) is 50.7 Å². The third kappa shape index (κ3) is 11.9. The van der Waals surface area contributed by atoms with E-state index >= 15 is 0 Å². The number of rotatable bonds is 11. The van der Waals surface area contributed by atoms with Crippen LogP contribution in [0.5, 0.6) is 0 Å². The van der Waals surface area contributed by atoms with Crippen LogP contribution in [0.25, 0.3) is 0 Å². The molecule has 0 aromatic rings. The lowest BCUT2D eigenvalue weighted by Crippen LogP contribution is -2.32. The predicted molar refractivity (Wildman–Crippen MR) is 97.7 cm³/mol. The summed E-state index contributed by atoms with van der Waals surface area (Å²) >= 11 is 1.94. The summed E-state index contributed by atoms with van der Waals surface area (Å²) in [6.07, 6.45) is 9.50. The molecule has 0 spiro atoms. The maximum atomic E-state index is 10.3. The van der Waals surface area contributed by atoms with Crippen molar-refractivity contribution in [3.05, 3.63) is 12.2 Å². The van der Waals surface area contributed by atoms with Gasteiger partial charge in [0.25, 0.3) is 0 Å². The summed E-state index contributed by atoms with van der Waals surface area (Å²) in [5.41, 5.74) is -0.107. The molecule has 1 nitrogen and oxygen atoms in total. The molecule has 0 heterocycles. The van der Waals surface area contributed by atoms with Gasteiger partial charge in [0.1, 0.15) is 5.60 Å². The molecule has 0 aliphatic carbocycles. The molecular formula is C19H34OS. The van der Waals surface area contributed by atoms with Gasteiger partial charge in [-0.15, -0.1) is 0 Å². The Hall–Kier alpha value is -0.390. The zero-order chi connectivity index (χ0) is 16.1. The van der Waals surface area contributed by atoms with Crippen molar-refractivity contribution in [2.45, 2.75) is 78.2 Å². The van der Waals surface area contributed by atoms with E-state index in [2.05, 4.69) is 32.3 Å². The second kappa shape index (κ2) is 12.2. The van der Waals surface area contributed by atoms with Crippen molar-refractivity contribution in [1.82, 2.24) is 0 Å². The second-order valence-corrected chi connectivity index (χ2v) is 7.42. The first-order chi connectivity index (χ1) is 9.90. The molecule has 0 radical (unpaired) electrons. The molecule has 21 heavy (non-hydrogen) atoms. The summed E-state index contributed by atoms with van der Waals surface area (Å²) < 4.78 is 0. The highest BCUT2D eigenvalue weighted by molar-refractivity contribution is 7.99. The molecular weight excluding hydrogens is 276 g/mol. The number of unbranched alkanes of at least 4 members (excludes halogenated alkanes) is 6. The molecule has 0 aliphatic heterocycles. The number of aliphatic hydroxyl groups is 1. The molecule has 2 heteroatoms. The van der Waals surface area contributed by atoms with Crippen LogP contribution >= 0.6 is 11.8 Å². The largest absolute Gasteiger partial charge is 0.378 e. The summed E-state index contributed by atoms with van der Waals surface area (Å²) in [5.74, 6) is 8.17. The van der Waals surface area contributed by atoms with E-state index in [0.29, 0.717) is 0 Å². The molecule has 0 rings (SSSR count). The second-order valence-electron chi connectivity index (χ2n) is 6.28. The molecule has 0 bridgehead atoms. The van der Waals surface area contributed by atoms with Gasteiger partial charge < -0.3 is 5.11 Å². The van der Waals surface area contributed by atoms with Gasteiger partial charge in [0.15, 0.2) is 0 Å². The van der Waals surface area contributed by atoms with Gasteiger partial charge in [-0.25, -0.2) is 0 Å². The molecule has 0 saturated heterocycles. The van der Waals surface area contributed by atoms with Crippen LogP contribution in [0.3, 0.4) is 0 Å². The van der Waals surface area contributed by atoms with Crippen molar-refractivity contribution in [2.75, 3.05) is 11.5 Å². The predicted octanol–water partition coefficient (Wildman–Crippen LogP) is 5.44. The average Bonchev–Trinajstić information content (AvgIpc) is 2.43. The Labute approximate surface area is 137 Å². The van der Waals surface area contributed by atoms with E-state index < -0.39 is 5.60 Å². The lowest BCUT2D eigenvalue weighted by Gasteiger charge is -2.24. The van der Waals surface area contributed by atoms with Crippen LogP contribution in [0.4, 0.5) is 0 Å². The summed E-state index contributed by atoms with van der Waals surface area (Å²) in [6, 6.07) is 0. The van der Waals surface area contributed by atoms with Crippen molar-refractivity contribution in [2.24, 2.45) is 5.92 Å². The van der Waals surface area contributed by atoms with Gasteiger partial charge in [-0.3, -0.25) is 0 Å². The van der Waals surface area contributed by atoms with Crippen LogP contribution in [0.2, 0.25) is 0 Å². The number of thioether (sulfide) groups is 1. The lowest BCUT2D eigenvalue weighted by atomic mass is 9.93. The number of hydrogen-bond acceptors (Lipinski definition) is 2. The molecule has 0 fully saturated rings. The van der Waals surface area contributed by atoms with E-state index in [-0.39, 0.29) is 5.92 Å². The molecule has 1 N–H and O–H groups in total. The maximum Gasteiger partial charge on any atom is 0.126 e. The van der Waals surface area contributed by atoms with Crippen LogP contribution in [-0.4, -0.2) is 22.2 Å². The summed E-state index contributed by atoms with van der Waals surface area (Å²) in [5, 5.41) is 10.3. The van der Waals surface area contributed by atoms with Crippen molar-refractivity contribution in [3.8, 4) is 11.8 Å². The fourth-order valence-corrected chi connectivity index (χ4v) is 3.19. The quantitative estimate of drug-likeness (QED) is 0.405. The van der Waals surface area contributed by atoms with Gasteiger partial charge in [-0.1, -0.05) is 70.8 Å². The van der Waals surface area contributed by atoms with E-state index in [1.54, 1.807) is 0 Å². The van der Waals surface area contributed by atoms with Gasteiger partial charge in [0.2, 0.25) is 0 Å². The topological polar surface area (TPSA) is 20.2 Å². The minimum absolute atomic E-state index is 0.180. The van der Waals surface area contributed by atoms with E-state index in [9.17, 15) is 5.11 Å². The normalized spacial score (nSPS) is 14.9. The molecule has 0 aliphatic rings. The van der Waals surface area contributed by atoms with Crippen molar-refractivity contribution in [3.63, 3.8) is 0 Å². The molecule has 0 aromatic heterocycles. The summed E-state index contributed by atoms with van der Waals surface area (Å²) in [6.45, 7) is 11.8. The SMILES string of the molecule is C=C(C)C#CC(C)(O)C(C)CSCCCCCCCCC. The van der Waals surface area contributed by atoms with Gasteiger partial charge in [0.05, 0.1) is 0 Å². The Bertz CT molecular complexity index is 335. The molecule has 2 atom stereocenters. The standard InChI is InChI=1S/C19H34OS/c1-6-7-8-9-10-11-12-15-21-16-18(4)19(5,20)14-13-17(2)3/h18,20H,2,6-12,15-16H2,1,3-5H3. The van der Waals surface area contributed by atoms with Gasteiger partial charge in [-0.05, 0) is 37.3 Å². The highest BCUT2D eigenvalue weighted by Gasteiger charge is 2.25. The molecule has 2 unspecified atom stereocenters. The Morgan fingerprint density at radius 1 is 1.19 bits per heavy atom. The van der Waals surface area contributed by atoms with E-state index in [4.69, 9.17) is 0 Å². The Morgan fingerprint density at radius 3 is 2.33 bits per heavy atom. The van der Waals surface area contributed by atoms with Gasteiger partial charge in [-0.2, -0.15) is 11.8 Å². The zero-order valence-electron chi connectivity index (χ0n) is 14.5. The Balaban J connectivity index is 3.68. The number of hydrogen-bond donors (Lipinski definition) is 1. The third-order valence-electron chi connectivity index (χ3n) is 3.75. The van der Waals surface area contributed by atoms with Gasteiger partial charge >= 0.3 is 0 Å². The minimum Gasteiger partial charge on any atom is -0.378 e. The summed E-state index contributed by atoms with van der Waals surface area (Å²) in [7, 11) is 0. The smallest absolute Gasteiger partial charge is 0.126 e. The van der Waals surface area contributed by atoms with Crippen LogP contribution in [-0.2, 0) is 0 Å². The van der Waals surface area contributed by atoms with Crippen molar-refractivity contribution in [1.29, 1.82) is 0 Å². The first-order valence-electron chi connectivity index (χ1n) is 8.39. The van der Waals surface area contributed by atoms with Crippen molar-refractivity contribution < 1.29 is 5.11 Å². The fraction of sp³-hybridized carbons (Fsp3) is 0.789. The highest BCUT2D eigenvalue weighted by Crippen LogP contribution is 2.22. The molecule has 0 amide bonds.